The van der Waals surface area contributed by atoms with E-state index in [-0.39, 0.29) is 37.8 Å². The van der Waals surface area contributed by atoms with Crippen LogP contribution in [-0.2, 0) is 22.4 Å². The minimum atomic E-state index is -4.92. The first-order valence-electron chi connectivity index (χ1n) is 10.2. The zero-order chi connectivity index (χ0) is 20.9. The van der Waals surface area contributed by atoms with Gasteiger partial charge in [-0.1, -0.05) is 12.1 Å². The van der Waals surface area contributed by atoms with E-state index in [4.69, 9.17) is 4.74 Å². The van der Waals surface area contributed by atoms with Crippen molar-refractivity contribution in [1.82, 2.24) is 10.2 Å². The molecule has 0 saturated carbocycles. The van der Waals surface area contributed by atoms with Crippen LogP contribution in [0, 0.1) is 0 Å². The van der Waals surface area contributed by atoms with Crippen molar-refractivity contribution in [3.8, 4) is 0 Å². The molecule has 2 aliphatic heterocycles. The summed E-state index contributed by atoms with van der Waals surface area (Å²) in [5.41, 5.74) is 2.96. The number of alkyl halides is 3. The van der Waals surface area contributed by atoms with Gasteiger partial charge in [-0.3, -0.25) is 9.59 Å². The zero-order valence-electron chi connectivity index (χ0n) is 16.4. The highest BCUT2D eigenvalue weighted by molar-refractivity contribution is 5.96. The van der Waals surface area contributed by atoms with Gasteiger partial charge in [0.15, 0.2) is 5.78 Å². The van der Waals surface area contributed by atoms with Crippen molar-refractivity contribution in [2.45, 2.75) is 50.8 Å². The maximum atomic E-state index is 12.9. The van der Waals surface area contributed by atoms with Gasteiger partial charge in [0.05, 0.1) is 6.10 Å². The van der Waals surface area contributed by atoms with Crippen LogP contribution in [0.2, 0.25) is 0 Å². The molecule has 1 amide bonds. The quantitative estimate of drug-likeness (QED) is 0.700. The molecule has 1 unspecified atom stereocenters. The van der Waals surface area contributed by atoms with Gasteiger partial charge in [-0.2, -0.15) is 13.2 Å². The number of carbonyl (C=O) groups is 2. The van der Waals surface area contributed by atoms with Gasteiger partial charge in [-0.15, -0.1) is 0 Å². The summed E-state index contributed by atoms with van der Waals surface area (Å²) in [5, 5.41) is 3.32. The number of fused-ring (bicyclic) bond motifs is 1. The number of Topliss-reactive ketones (excluding diaryl/α,β-unsaturated/α-hetero) is 1. The van der Waals surface area contributed by atoms with E-state index < -0.39 is 12.1 Å². The highest BCUT2D eigenvalue weighted by atomic mass is 19.4. The molecule has 0 aliphatic carbocycles. The molecule has 5 nitrogen and oxygen atoms in total. The Morgan fingerprint density at radius 1 is 1.17 bits per heavy atom. The molecular weight excluding hydrogens is 385 g/mol. The maximum Gasteiger partial charge on any atom is 0.471 e. The zero-order valence-corrected chi connectivity index (χ0v) is 16.4. The highest BCUT2D eigenvalue weighted by Gasteiger charge is 2.43. The van der Waals surface area contributed by atoms with Crippen LogP contribution >= 0.6 is 0 Å². The third kappa shape index (κ3) is 6.02. The molecule has 1 fully saturated rings. The molecule has 1 N–H and O–H groups in total. The molecule has 29 heavy (non-hydrogen) atoms. The lowest BCUT2D eigenvalue weighted by Gasteiger charge is -2.26. The number of hydrogen-bond acceptors (Lipinski definition) is 4. The van der Waals surface area contributed by atoms with Crippen LogP contribution in [-0.4, -0.2) is 61.7 Å². The Labute approximate surface area is 168 Å². The Balaban J connectivity index is 1.57. The Morgan fingerprint density at radius 3 is 2.62 bits per heavy atom. The topological polar surface area (TPSA) is 58.6 Å². The smallest absolute Gasteiger partial charge is 0.376 e. The van der Waals surface area contributed by atoms with Gasteiger partial charge in [0.2, 0.25) is 0 Å². The first-order valence-corrected chi connectivity index (χ1v) is 10.2. The van der Waals surface area contributed by atoms with Crippen LogP contribution in [0.3, 0.4) is 0 Å². The number of ketones is 1. The van der Waals surface area contributed by atoms with E-state index >= 15 is 0 Å². The number of rotatable bonds is 7. The number of benzene rings is 1. The maximum absolute atomic E-state index is 12.9. The van der Waals surface area contributed by atoms with E-state index in [9.17, 15) is 22.8 Å². The summed E-state index contributed by atoms with van der Waals surface area (Å²) in [5.74, 6) is -1.97. The Morgan fingerprint density at radius 2 is 1.93 bits per heavy atom. The van der Waals surface area contributed by atoms with E-state index in [1.807, 2.05) is 12.1 Å². The van der Waals surface area contributed by atoms with E-state index in [1.54, 1.807) is 6.07 Å². The first kappa shape index (κ1) is 21.8. The van der Waals surface area contributed by atoms with Gasteiger partial charge in [-0.25, -0.2) is 0 Å². The third-order valence-corrected chi connectivity index (χ3v) is 5.48. The van der Waals surface area contributed by atoms with Gasteiger partial charge >= 0.3 is 12.1 Å². The van der Waals surface area contributed by atoms with Gasteiger partial charge in [0.1, 0.15) is 0 Å². The first-order chi connectivity index (χ1) is 13.8. The molecule has 1 aromatic rings. The van der Waals surface area contributed by atoms with Crippen LogP contribution in [0.25, 0.3) is 0 Å². The average molecular weight is 412 g/mol. The second-order valence-corrected chi connectivity index (χ2v) is 7.64. The van der Waals surface area contributed by atoms with Gasteiger partial charge in [-0.05, 0) is 62.4 Å². The van der Waals surface area contributed by atoms with Gasteiger partial charge in [0.25, 0.3) is 0 Å². The summed E-state index contributed by atoms with van der Waals surface area (Å²) in [6, 6.07) is 5.65. The van der Waals surface area contributed by atoms with Crippen LogP contribution in [0.1, 0.15) is 47.2 Å². The summed E-state index contributed by atoms with van der Waals surface area (Å²) in [4.78, 5) is 25.1. The van der Waals surface area contributed by atoms with Crippen LogP contribution < -0.4 is 5.32 Å². The summed E-state index contributed by atoms with van der Waals surface area (Å²) in [6.07, 6.45) is -1.80. The summed E-state index contributed by atoms with van der Waals surface area (Å²) in [6.45, 7) is 2.08. The predicted molar refractivity (Wildman–Crippen MR) is 102 cm³/mol. The number of amides is 1. The molecule has 0 aromatic heterocycles. The molecule has 1 saturated heterocycles. The molecule has 0 spiro atoms. The number of nitrogens with one attached hydrogen (secondary N) is 1. The molecule has 160 valence electrons. The van der Waals surface area contributed by atoms with Gasteiger partial charge < -0.3 is 15.0 Å². The number of hydrogen-bond donors (Lipinski definition) is 1. The molecule has 8 heteroatoms. The number of ether oxygens (including phenoxy) is 1. The number of nitrogens with zero attached hydrogens (tertiary/aromatic N) is 1. The minimum absolute atomic E-state index is 0.0849. The summed E-state index contributed by atoms with van der Waals surface area (Å²) in [7, 11) is 0. The normalized spacial score (nSPS) is 19.5. The lowest BCUT2D eigenvalue weighted by atomic mass is 9.97. The third-order valence-electron chi connectivity index (χ3n) is 5.48. The standard InChI is InChI=1S/C21H27F3N2O3/c22-21(23,24)20(28)26(14-18-3-2-12-29-18)11-1-4-19(27)17-6-5-15-7-9-25-10-8-16(15)13-17/h5-6,13,18,25H,1-4,7-12,14H2. The molecule has 2 heterocycles. The van der Waals surface area contributed by atoms with Crippen molar-refractivity contribution in [1.29, 1.82) is 0 Å². The van der Waals surface area contributed by atoms with E-state index in [0.29, 0.717) is 18.6 Å². The monoisotopic (exact) mass is 412 g/mol. The lowest BCUT2D eigenvalue weighted by Crippen LogP contribution is -2.45. The molecule has 1 atom stereocenters. The van der Waals surface area contributed by atoms with Crippen molar-refractivity contribution in [2.75, 3.05) is 32.8 Å². The van der Waals surface area contributed by atoms with Crippen molar-refractivity contribution in [3.63, 3.8) is 0 Å². The fraction of sp³-hybridized carbons (Fsp3) is 0.619. The summed E-state index contributed by atoms with van der Waals surface area (Å²) < 4.78 is 44.1. The van der Waals surface area contributed by atoms with E-state index in [0.717, 1.165) is 42.8 Å². The largest absolute Gasteiger partial charge is 0.471 e. The minimum Gasteiger partial charge on any atom is -0.376 e. The Bertz CT molecular complexity index is 730. The van der Waals surface area contributed by atoms with Crippen molar-refractivity contribution in [3.05, 3.63) is 34.9 Å². The van der Waals surface area contributed by atoms with E-state index in [2.05, 4.69) is 5.32 Å². The van der Waals surface area contributed by atoms with Gasteiger partial charge in [0, 0.05) is 31.7 Å². The summed E-state index contributed by atoms with van der Waals surface area (Å²) >= 11 is 0. The molecule has 1 aromatic carbocycles. The molecule has 0 radical (unpaired) electrons. The highest BCUT2D eigenvalue weighted by Crippen LogP contribution is 2.22. The van der Waals surface area contributed by atoms with Crippen LogP contribution in [0.4, 0.5) is 13.2 Å². The fourth-order valence-electron chi connectivity index (χ4n) is 3.91. The molecule has 3 rings (SSSR count). The number of carbonyl (C=O) groups excluding carboxylic acids is 2. The SMILES string of the molecule is O=C(CCCN(CC1CCCO1)C(=O)C(F)(F)F)c1ccc2c(c1)CCNCC2. The molecular formula is C21H27F3N2O3. The molecule has 2 aliphatic rings. The fourth-order valence-corrected chi connectivity index (χ4v) is 3.91. The second kappa shape index (κ2) is 9.71. The van der Waals surface area contributed by atoms with E-state index in [1.165, 1.54) is 5.56 Å². The Hall–Kier alpha value is -1.93. The lowest BCUT2D eigenvalue weighted by molar-refractivity contribution is -0.186. The predicted octanol–water partition coefficient (Wildman–Crippen LogP) is 2.91. The second-order valence-electron chi connectivity index (χ2n) is 7.64. The van der Waals surface area contributed by atoms with Crippen LogP contribution in [0.5, 0.6) is 0 Å². The van der Waals surface area contributed by atoms with Crippen molar-refractivity contribution >= 4 is 11.7 Å². The number of halogens is 3. The van der Waals surface area contributed by atoms with Crippen LogP contribution in [0.15, 0.2) is 18.2 Å². The average Bonchev–Trinajstić information content (AvgIpc) is 3.08. The van der Waals surface area contributed by atoms with Crippen molar-refractivity contribution in [2.24, 2.45) is 0 Å². The molecule has 0 bridgehead atoms. The Kier molecular flexibility index (Phi) is 7.29. The van der Waals surface area contributed by atoms with Crippen molar-refractivity contribution < 1.29 is 27.5 Å².